The summed E-state index contributed by atoms with van der Waals surface area (Å²) in [5, 5.41) is 9.14. The van der Waals surface area contributed by atoms with Crippen molar-refractivity contribution in [1.29, 1.82) is 0 Å². The van der Waals surface area contributed by atoms with Gasteiger partial charge in [0.1, 0.15) is 11.7 Å². The van der Waals surface area contributed by atoms with E-state index in [0.29, 0.717) is 35.4 Å². The number of anilines is 2. The summed E-state index contributed by atoms with van der Waals surface area (Å²) in [5.41, 5.74) is 3.18. The van der Waals surface area contributed by atoms with Gasteiger partial charge in [-0.2, -0.15) is 0 Å². The van der Waals surface area contributed by atoms with Crippen molar-refractivity contribution >= 4 is 45.6 Å². The summed E-state index contributed by atoms with van der Waals surface area (Å²) in [6.45, 7) is 2.92. The average molecular weight is 470 g/mol. The zero-order valence-electron chi connectivity index (χ0n) is 17.7. The molecule has 0 unspecified atom stereocenters. The smallest absolute Gasteiger partial charge is 0.274 e. The highest BCUT2D eigenvalue weighted by atomic mass is 35.5. The summed E-state index contributed by atoms with van der Waals surface area (Å²) in [5.74, 6) is -0.362. The van der Waals surface area contributed by atoms with Crippen LogP contribution in [0.2, 0.25) is 5.02 Å². The van der Waals surface area contributed by atoms with E-state index in [2.05, 4.69) is 20.6 Å². The van der Waals surface area contributed by atoms with Gasteiger partial charge in [0.15, 0.2) is 5.13 Å². The molecule has 1 fully saturated rings. The highest BCUT2D eigenvalue weighted by Crippen LogP contribution is 2.27. The number of carbonyl (C=O) groups excluding carboxylic acids is 2. The Morgan fingerprint density at radius 2 is 2.03 bits per heavy atom. The largest absolute Gasteiger partial charge is 0.350 e. The minimum Gasteiger partial charge on any atom is -0.350 e. The Labute approximate surface area is 195 Å². The number of amides is 2. The van der Waals surface area contributed by atoms with Gasteiger partial charge in [0.05, 0.1) is 0 Å². The normalized spacial score (nSPS) is 15.9. The zero-order chi connectivity index (χ0) is 22.5. The Morgan fingerprint density at radius 1 is 1.22 bits per heavy atom. The van der Waals surface area contributed by atoms with E-state index < -0.39 is 6.04 Å². The second kappa shape index (κ2) is 10.1. The number of nitrogens with zero attached hydrogens (tertiary/aromatic N) is 3. The lowest BCUT2D eigenvalue weighted by molar-refractivity contribution is -0.126. The third-order valence-corrected chi connectivity index (χ3v) is 6.44. The van der Waals surface area contributed by atoms with Gasteiger partial charge in [-0.1, -0.05) is 17.7 Å². The predicted molar refractivity (Wildman–Crippen MR) is 126 cm³/mol. The molecule has 1 aliphatic heterocycles. The maximum Gasteiger partial charge on any atom is 0.274 e. The van der Waals surface area contributed by atoms with Crippen LogP contribution in [0.5, 0.6) is 0 Å². The summed E-state index contributed by atoms with van der Waals surface area (Å²) >= 11 is 7.44. The lowest BCUT2D eigenvalue weighted by Gasteiger charge is -2.34. The number of likely N-dealkylation sites (tertiary alicyclic amines) is 1. The van der Waals surface area contributed by atoms with E-state index >= 15 is 0 Å². The molecule has 1 aliphatic rings. The molecule has 1 atom stereocenters. The van der Waals surface area contributed by atoms with Crippen LogP contribution in [0.3, 0.4) is 0 Å². The van der Waals surface area contributed by atoms with Crippen molar-refractivity contribution in [3.8, 4) is 0 Å². The van der Waals surface area contributed by atoms with Gasteiger partial charge in [-0.3, -0.25) is 14.6 Å². The molecule has 32 heavy (non-hydrogen) atoms. The molecule has 1 saturated heterocycles. The van der Waals surface area contributed by atoms with Crippen molar-refractivity contribution in [2.45, 2.75) is 38.8 Å². The van der Waals surface area contributed by atoms with E-state index in [9.17, 15) is 9.59 Å². The third kappa shape index (κ3) is 5.26. The maximum atomic E-state index is 13.2. The number of benzene rings is 1. The SMILES string of the molecule is Cc1ccc(Cl)cc1Nc1nc(C(=O)N2CCCC[C@H]2C(=O)NCc2ccncc2)cs1. The molecule has 0 radical (unpaired) electrons. The van der Waals surface area contributed by atoms with Crippen LogP contribution >= 0.6 is 22.9 Å². The third-order valence-electron chi connectivity index (χ3n) is 5.45. The van der Waals surface area contributed by atoms with Crippen molar-refractivity contribution in [2.24, 2.45) is 0 Å². The number of aromatic nitrogens is 2. The Hall–Kier alpha value is -2.97. The fraction of sp³-hybridized carbons (Fsp3) is 0.304. The van der Waals surface area contributed by atoms with Crippen LogP contribution in [0, 0.1) is 6.92 Å². The molecule has 3 aromatic rings. The molecule has 2 aromatic heterocycles. The Bertz CT molecular complexity index is 1100. The van der Waals surface area contributed by atoms with E-state index in [1.807, 2.05) is 37.3 Å². The van der Waals surface area contributed by atoms with Gasteiger partial charge in [0, 0.05) is 41.6 Å². The summed E-state index contributed by atoms with van der Waals surface area (Å²) < 4.78 is 0. The van der Waals surface area contributed by atoms with Crippen LogP contribution in [0.1, 0.15) is 40.9 Å². The number of hydrogen-bond donors (Lipinski definition) is 2. The fourth-order valence-corrected chi connectivity index (χ4v) is 4.54. The molecule has 0 spiro atoms. The molecule has 2 N–H and O–H groups in total. The van der Waals surface area contributed by atoms with E-state index in [1.54, 1.807) is 22.7 Å². The van der Waals surface area contributed by atoms with Gasteiger partial charge in [-0.05, 0) is 61.6 Å². The predicted octanol–water partition coefficient (Wildman–Crippen LogP) is 4.55. The lowest BCUT2D eigenvalue weighted by atomic mass is 10.0. The average Bonchev–Trinajstić information content (AvgIpc) is 3.28. The van der Waals surface area contributed by atoms with E-state index in [4.69, 9.17) is 11.6 Å². The highest BCUT2D eigenvalue weighted by Gasteiger charge is 2.33. The Morgan fingerprint density at radius 3 is 2.84 bits per heavy atom. The molecular weight excluding hydrogens is 446 g/mol. The van der Waals surface area contributed by atoms with Gasteiger partial charge in [0.25, 0.3) is 5.91 Å². The molecule has 4 rings (SSSR count). The quantitative estimate of drug-likeness (QED) is 0.552. The maximum absolute atomic E-state index is 13.2. The summed E-state index contributed by atoms with van der Waals surface area (Å²) in [7, 11) is 0. The van der Waals surface area contributed by atoms with Crippen molar-refractivity contribution < 1.29 is 9.59 Å². The van der Waals surface area contributed by atoms with Gasteiger partial charge in [-0.15, -0.1) is 11.3 Å². The summed E-state index contributed by atoms with van der Waals surface area (Å²) in [6, 6.07) is 8.80. The van der Waals surface area contributed by atoms with E-state index in [0.717, 1.165) is 29.7 Å². The molecule has 0 bridgehead atoms. The first-order chi connectivity index (χ1) is 15.5. The van der Waals surface area contributed by atoms with Gasteiger partial charge in [0.2, 0.25) is 5.91 Å². The van der Waals surface area contributed by atoms with Crippen LogP contribution in [0.4, 0.5) is 10.8 Å². The molecular formula is C23H24ClN5O2S. The second-order valence-corrected chi connectivity index (χ2v) is 9.00. The molecule has 9 heteroatoms. The van der Waals surface area contributed by atoms with Crippen LogP contribution in [-0.4, -0.2) is 39.3 Å². The molecule has 1 aromatic carbocycles. The van der Waals surface area contributed by atoms with Crippen molar-refractivity contribution in [3.05, 3.63) is 69.9 Å². The Kier molecular flexibility index (Phi) is 7.02. The van der Waals surface area contributed by atoms with Crippen LogP contribution < -0.4 is 10.6 Å². The van der Waals surface area contributed by atoms with Crippen LogP contribution in [-0.2, 0) is 11.3 Å². The molecule has 0 aliphatic carbocycles. The number of carbonyl (C=O) groups is 2. The molecule has 3 heterocycles. The van der Waals surface area contributed by atoms with Crippen molar-refractivity contribution in [1.82, 2.24) is 20.2 Å². The van der Waals surface area contributed by atoms with Crippen molar-refractivity contribution in [3.63, 3.8) is 0 Å². The zero-order valence-corrected chi connectivity index (χ0v) is 19.2. The van der Waals surface area contributed by atoms with Gasteiger partial charge >= 0.3 is 0 Å². The number of pyridine rings is 1. The Balaban J connectivity index is 1.44. The number of hydrogen-bond acceptors (Lipinski definition) is 6. The second-order valence-electron chi connectivity index (χ2n) is 7.71. The van der Waals surface area contributed by atoms with Crippen LogP contribution in [0.25, 0.3) is 0 Å². The van der Waals surface area contributed by atoms with E-state index in [-0.39, 0.29) is 11.8 Å². The van der Waals surface area contributed by atoms with Gasteiger partial charge < -0.3 is 15.5 Å². The first kappa shape index (κ1) is 22.2. The standard InChI is InChI=1S/C23H24ClN5O2S/c1-15-5-6-17(24)12-18(15)27-23-28-19(14-32-23)22(31)29-11-3-2-4-20(29)21(30)26-13-16-7-9-25-10-8-16/h5-10,12,14,20H,2-4,11,13H2,1H3,(H,26,30)(H,27,28)/t20-/m0/s1. The number of nitrogens with one attached hydrogen (secondary N) is 2. The number of thiazole rings is 1. The van der Waals surface area contributed by atoms with E-state index in [1.165, 1.54) is 11.3 Å². The number of rotatable bonds is 6. The molecule has 7 nitrogen and oxygen atoms in total. The van der Waals surface area contributed by atoms with Crippen LogP contribution in [0.15, 0.2) is 48.1 Å². The highest BCUT2D eigenvalue weighted by molar-refractivity contribution is 7.14. The number of piperidine rings is 1. The minimum absolute atomic E-state index is 0.141. The first-order valence-electron chi connectivity index (χ1n) is 10.5. The monoisotopic (exact) mass is 469 g/mol. The minimum atomic E-state index is -0.494. The number of aryl methyl sites for hydroxylation is 1. The number of halogens is 1. The molecule has 0 saturated carbocycles. The topological polar surface area (TPSA) is 87.2 Å². The summed E-state index contributed by atoms with van der Waals surface area (Å²) in [6.07, 6.45) is 5.81. The molecule has 166 valence electrons. The molecule has 2 amide bonds. The van der Waals surface area contributed by atoms with Gasteiger partial charge in [-0.25, -0.2) is 4.98 Å². The fourth-order valence-electron chi connectivity index (χ4n) is 3.68. The summed E-state index contributed by atoms with van der Waals surface area (Å²) in [4.78, 5) is 36.2. The first-order valence-corrected chi connectivity index (χ1v) is 11.7. The lowest BCUT2D eigenvalue weighted by Crippen LogP contribution is -2.51. The van der Waals surface area contributed by atoms with Crippen molar-refractivity contribution in [2.75, 3.05) is 11.9 Å².